The summed E-state index contributed by atoms with van der Waals surface area (Å²) >= 11 is 0. The first kappa shape index (κ1) is 27.7. The Hall–Kier alpha value is -2.30. The number of hydrogen-bond acceptors (Lipinski definition) is 2. The quantitative estimate of drug-likeness (QED) is 0.271. The predicted octanol–water partition coefficient (Wildman–Crippen LogP) is 4.76. The lowest BCUT2D eigenvalue weighted by molar-refractivity contribution is -0.137. The molecule has 2 rings (SSSR count). The molecule has 0 radical (unpaired) electrons. The van der Waals surface area contributed by atoms with E-state index >= 15 is 0 Å². The Balaban J connectivity index is 0.00000512. The first-order chi connectivity index (χ1) is 14.5. The summed E-state index contributed by atoms with van der Waals surface area (Å²) in [5.74, 6) is 0.435. The molecule has 5 nitrogen and oxygen atoms in total. The summed E-state index contributed by atoms with van der Waals surface area (Å²) in [5, 5.41) is 9.25. The number of guanidine groups is 1. The third-order valence-electron chi connectivity index (χ3n) is 4.35. The molecule has 2 aromatic rings. The van der Waals surface area contributed by atoms with Crippen molar-refractivity contribution in [2.75, 3.05) is 13.6 Å². The number of rotatable bonds is 6. The molecule has 3 N–H and O–H groups in total. The van der Waals surface area contributed by atoms with Crippen molar-refractivity contribution >= 4 is 35.8 Å². The lowest BCUT2D eigenvalue weighted by Crippen LogP contribution is -2.40. The molecule has 0 bridgehead atoms. The monoisotopic (exact) mass is 562 g/mol. The maximum Gasteiger partial charge on any atom is 0.416 e. The maximum atomic E-state index is 12.6. The summed E-state index contributed by atoms with van der Waals surface area (Å²) in [4.78, 5) is 16.5. The first-order valence-corrected chi connectivity index (χ1v) is 10.00. The van der Waals surface area contributed by atoms with Gasteiger partial charge in [-0.2, -0.15) is 13.2 Å². The average Bonchev–Trinajstić information content (AvgIpc) is 2.69. The predicted molar refractivity (Wildman–Crippen MR) is 132 cm³/mol. The number of carbonyl (C=O) groups excluding carboxylic acids is 1. The Morgan fingerprint density at radius 2 is 1.62 bits per heavy atom. The zero-order valence-corrected chi connectivity index (χ0v) is 21.0. The van der Waals surface area contributed by atoms with Crippen molar-refractivity contribution < 1.29 is 18.0 Å². The van der Waals surface area contributed by atoms with Crippen LogP contribution >= 0.6 is 24.0 Å². The molecule has 0 spiro atoms. The van der Waals surface area contributed by atoms with Crippen LogP contribution in [0.4, 0.5) is 13.2 Å². The Kier molecular flexibility index (Phi) is 10.5. The molecule has 0 unspecified atom stereocenters. The van der Waals surface area contributed by atoms with E-state index in [9.17, 15) is 18.0 Å². The van der Waals surface area contributed by atoms with Gasteiger partial charge in [0, 0.05) is 31.2 Å². The van der Waals surface area contributed by atoms with Gasteiger partial charge in [0.2, 0.25) is 0 Å². The van der Waals surface area contributed by atoms with Crippen LogP contribution in [0.25, 0.3) is 0 Å². The zero-order chi connectivity index (χ0) is 23.1. The number of halogens is 4. The highest BCUT2D eigenvalue weighted by atomic mass is 127. The van der Waals surface area contributed by atoms with Gasteiger partial charge in [0.25, 0.3) is 5.91 Å². The summed E-state index contributed by atoms with van der Waals surface area (Å²) < 4.78 is 37.9. The molecule has 0 aromatic heterocycles. The molecule has 0 aliphatic rings. The highest BCUT2D eigenvalue weighted by Crippen LogP contribution is 2.29. The molecule has 32 heavy (non-hydrogen) atoms. The summed E-state index contributed by atoms with van der Waals surface area (Å²) in [6.45, 7) is 6.76. The Morgan fingerprint density at radius 1 is 0.969 bits per heavy atom. The second-order valence-corrected chi connectivity index (χ2v) is 8.20. The number of benzene rings is 2. The largest absolute Gasteiger partial charge is 0.416 e. The zero-order valence-electron chi connectivity index (χ0n) is 18.6. The van der Waals surface area contributed by atoms with Crippen LogP contribution in [-0.2, 0) is 19.1 Å². The minimum absolute atomic E-state index is 0. The van der Waals surface area contributed by atoms with Crippen LogP contribution in [0.2, 0.25) is 0 Å². The van der Waals surface area contributed by atoms with Crippen LogP contribution in [0.5, 0.6) is 0 Å². The Morgan fingerprint density at radius 3 is 2.19 bits per heavy atom. The van der Waals surface area contributed by atoms with Crippen LogP contribution in [0.15, 0.2) is 53.5 Å². The van der Waals surface area contributed by atoms with Crippen molar-refractivity contribution in [1.82, 2.24) is 16.0 Å². The lowest BCUT2D eigenvalue weighted by Gasteiger charge is -2.20. The summed E-state index contributed by atoms with van der Waals surface area (Å²) in [7, 11) is 1.64. The number of alkyl halides is 3. The molecule has 0 heterocycles. The van der Waals surface area contributed by atoms with Crippen LogP contribution < -0.4 is 16.0 Å². The van der Waals surface area contributed by atoms with Gasteiger partial charge >= 0.3 is 6.18 Å². The minimum Gasteiger partial charge on any atom is -0.356 e. The maximum absolute atomic E-state index is 12.6. The van der Waals surface area contributed by atoms with E-state index in [1.165, 1.54) is 12.1 Å². The SMILES string of the molecule is CN=C(NCCc1ccc(C(F)(F)F)cc1)NCc1cccc(C(=O)NC(C)(C)C)c1.I. The van der Waals surface area contributed by atoms with E-state index in [1.807, 2.05) is 39.0 Å². The van der Waals surface area contributed by atoms with Gasteiger partial charge in [0.05, 0.1) is 5.56 Å². The van der Waals surface area contributed by atoms with E-state index in [2.05, 4.69) is 20.9 Å². The molecular formula is C23H30F3IN4O. The fourth-order valence-corrected chi connectivity index (χ4v) is 2.83. The summed E-state index contributed by atoms with van der Waals surface area (Å²) in [5.41, 5.74) is 1.34. The molecule has 0 aliphatic carbocycles. The summed E-state index contributed by atoms with van der Waals surface area (Å²) in [6, 6.07) is 12.5. The highest BCUT2D eigenvalue weighted by Gasteiger charge is 2.29. The van der Waals surface area contributed by atoms with Crippen molar-refractivity contribution in [2.24, 2.45) is 4.99 Å². The van der Waals surface area contributed by atoms with E-state index in [1.54, 1.807) is 13.1 Å². The van der Waals surface area contributed by atoms with E-state index < -0.39 is 11.7 Å². The third-order valence-corrected chi connectivity index (χ3v) is 4.35. The molecule has 176 valence electrons. The number of nitrogens with zero attached hydrogens (tertiary/aromatic N) is 1. The normalized spacial score (nSPS) is 12.0. The van der Waals surface area contributed by atoms with Crippen molar-refractivity contribution in [3.05, 3.63) is 70.8 Å². The Bertz CT molecular complexity index is 907. The number of hydrogen-bond donors (Lipinski definition) is 3. The molecule has 0 atom stereocenters. The van der Waals surface area contributed by atoms with Gasteiger partial charge in [0.15, 0.2) is 5.96 Å². The van der Waals surface area contributed by atoms with E-state index in [0.29, 0.717) is 31.0 Å². The lowest BCUT2D eigenvalue weighted by atomic mass is 10.1. The molecule has 0 aliphatic heterocycles. The number of aliphatic imine (C=N–C) groups is 1. The average molecular weight is 562 g/mol. The van der Waals surface area contributed by atoms with Crippen LogP contribution in [0, 0.1) is 0 Å². The molecule has 2 aromatic carbocycles. The van der Waals surface area contributed by atoms with Gasteiger partial charge in [-0.3, -0.25) is 9.79 Å². The fraction of sp³-hybridized carbons (Fsp3) is 0.391. The summed E-state index contributed by atoms with van der Waals surface area (Å²) in [6.07, 6.45) is -3.77. The fourth-order valence-electron chi connectivity index (χ4n) is 2.83. The van der Waals surface area contributed by atoms with E-state index in [-0.39, 0.29) is 35.4 Å². The van der Waals surface area contributed by atoms with Gasteiger partial charge in [-0.1, -0.05) is 24.3 Å². The van der Waals surface area contributed by atoms with Crippen molar-refractivity contribution in [3.8, 4) is 0 Å². The topological polar surface area (TPSA) is 65.5 Å². The van der Waals surface area contributed by atoms with Crippen molar-refractivity contribution in [3.63, 3.8) is 0 Å². The second kappa shape index (κ2) is 12.1. The molecule has 1 amide bonds. The Labute approximate surface area is 204 Å². The van der Waals surface area contributed by atoms with Gasteiger partial charge < -0.3 is 16.0 Å². The molecule has 0 fully saturated rings. The highest BCUT2D eigenvalue weighted by molar-refractivity contribution is 14.0. The molecule has 0 saturated carbocycles. The standard InChI is InChI=1S/C23H29F3N4O.HI/c1-22(2,3)30-20(31)18-7-5-6-17(14-18)15-29-21(27-4)28-13-12-16-8-10-19(11-9-16)23(24,25)26;/h5-11,14H,12-13,15H2,1-4H3,(H,30,31)(H2,27,28,29);1H. The molecule has 0 saturated heterocycles. The number of nitrogens with one attached hydrogen (secondary N) is 3. The third kappa shape index (κ3) is 9.46. The smallest absolute Gasteiger partial charge is 0.356 e. The number of carbonyl (C=O) groups is 1. The first-order valence-electron chi connectivity index (χ1n) is 10.00. The van der Waals surface area contributed by atoms with Gasteiger partial charge in [-0.15, -0.1) is 24.0 Å². The van der Waals surface area contributed by atoms with Gasteiger partial charge in [-0.05, 0) is 62.6 Å². The minimum atomic E-state index is -4.33. The van der Waals surface area contributed by atoms with Crippen LogP contribution in [-0.4, -0.2) is 31.0 Å². The van der Waals surface area contributed by atoms with Crippen molar-refractivity contribution in [2.45, 2.75) is 45.5 Å². The van der Waals surface area contributed by atoms with Crippen molar-refractivity contribution in [1.29, 1.82) is 0 Å². The van der Waals surface area contributed by atoms with Gasteiger partial charge in [0.1, 0.15) is 0 Å². The van der Waals surface area contributed by atoms with Crippen LogP contribution in [0.1, 0.15) is 47.8 Å². The van der Waals surface area contributed by atoms with Crippen LogP contribution in [0.3, 0.4) is 0 Å². The molecular weight excluding hydrogens is 532 g/mol. The number of amides is 1. The van der Waals surface area contributed by atoms with E-state index in [4.69, 9.17) is 0 Å². The van der Waals surface area contributed by atoms with Gasteiger partial charge in [-0.25, -0.2) is 0 Å². The second-order valence-electron chi connectivity index (χ2n) is 8.20. The molecule has 9 heteroatoms. The van der Waals surface area contributed by atoms with E-state index in [0.717, 1.165) is 23.3 Å².